The smallest absolute Gasteiger partial charge is 0.178 e. The van der Waals surface area contributed by atoms with Crippen LogP contribution in [0.15, 0.2) is 115 Å². The van der Waals surface area contributed by atoms with E-state index in [1.54, 1.807) is 11.3 Å². The molecule has 148 valence electrons. The van der Waals surface area contributed by atoms with Gasteiger partial charge in [-0.15, -0.1) is 11.3 Å². The molecule has 0 bridgehead atoms. The number of hydrogen-bond donors (Lipinski definition) is 0. The molecule has 0 amide bonds. The molecule has 31 heavy (non-hydrogen) atoms. The molecule has 0 aliphatic carbocycles. The number of benzene rings is 4. The number of thiophene rings is 1. The average Bonchev–Trinajstić information content (AvgIpc) is 3.39. The second-order valence-corrected chi connectivity index (χ2v) is 8.72. The van der Waals surface area contributed by atoms with Crippen LogP contribution in [0.1, 0.15) is 16.7 Å². The first-order valence-electron chi connectivity index (χ1n) is 10.4. The highest BCUT2D eigenvalue weighted by molar-refractivity contribution is 7.13. The van der Waals surface area contributed by atoms with Crippen molar-refractivity contribution < 1.29 is 4.74 Å². The maximum Gasteiger partial charge on any atom is 0.178 e. The predicted octanol–water partition coefficient (Wildman–Crippen LogP) is 7.92. The molecule has 0 radical (unpaired) electrons. The molecule has 1 nitrogen and oxygen atoms in total. The molecule has 1 aliphatic rings. The van der Waals surface area contributed by atoms with Gasteiger partial charge < -0.3 is 4.74 Å². The average molecular weight is 417 g/mol. The molecule has 6 rings (SSSR count). The highest BCUT2D eigenvalue weighted by atomic mass is 32.1. The van der Waals surface area contributed by atoms with Gasteiger partial charge in [-0.2, -0.15) is 0 Å². The van der Waals surface area contributed by atoms with Gasteiger partial charge in [0.25, 0.3) is 0 Å². The predicted molar refractivity (Wildman–Crippen MR) is 131 cm³/mol. The van der Waals surface area contributed by atoms with Gasteiger partial charge in [0, 0.05) is 32.5 Å². The largest absolute Gasteiger partial charge is 0.472 e. The van der Waals surface area contributed by atoms with Gasteiger partial charge in [0.2, 0.25) is 0 Å². The normalized spacial score (nSPS) is 14.2. The van der Waals surface area contributed by atoms with Gasteiger partial charge in [0.1, 0.15) is 5.75 Å². The van der Waals surface area contributed by atoms with Crippen LogP contribution in [-0.4, -0.2) is 0 Å². The SMILES string of the molecule is C1=CC(c2ccccc2)(c2ccccc2)Oc2c1c(-c1cccs1)cc1ccccc21. The van der Waals surface area contributed by atoms with Crippen LogP contribution in [0.5, 0.6) is 5.75 Å². The third kappa shape index (κ3) is 2.91. The second kappa shape index (κ2) is 7.26. The van der Waals surface area contributed by atoms with Crippen molar-refractivity contribution in [2.75, 3.05) is 0 Å². The minimum Gasteiger partial charge on any atom is -0.472 e. The molecule has 0 spiro atoms. The van der Waals surface area contributed by atoms with Crippen molar-refractivity contribution in [2.45, 2.75) is 5.60 Å². The summed E-state index contributed by atoms with van der Waals surface area (Å²) in [4.78, 5) is 1.25. The van der Waals surface area contributed by atoms with Gasteiger partial charge in [0.05, 0.1) is 0 Å². The van der Waals surface area contributed by atoms with E-state index in [1.807, 2.05) is 12.1 Å². The molecule has 0 unspecified atom stereocenters. The number of ether oxygens (including phenoxy) is 1. The zero-order chi connectivity index (χ0) is 20.7. The summed E-state index contributed by atoms with van der Waals surface area (Å²) in [5, 5.41) is 4.45. The Morgan fingerprint density at radius 1 is 0.677 bits per heavy atom. The van der Waals surface area contributed by atoms with Crippen molar-refractivity contribution in [1.82, 2.24) is 0 Å². The molecular formula is C29H20OS. The second-order valence-electron chi connectivity index (χ2n) is 7.77. The van der Waals surface area contributed by atoms with E-state index in [9.17, 15) is 0 Å². The summed E-state index contributed by atoms with van der Waals surface area (Å²) in [6.45, 7) is 0. The van der Waals surface area contributed by atoms with Gasteiger partial charge >= 0.3 is 0 Å². The fourth-order valence-corrected chi connectivity index (χ4v) is 5.24. The van der Waals surface area contributed by atoms with E-state index in [0.29, 0.717) is 0 Å². The van der Waals surface area contributed by atoms with Gasteiger partial charge in [-0.25, -0.2) is 0 Å². The highest BCUT2D eigenvalue weighted by Gasteiger charge is 2.38. The Morgan fingerprint density at radius 3 is 2.03 bits per heavy atom. The Bertz CT molecular complexity index is 1340. The Balaban J connectivity index is 1.66. The lowest BCUT2D eigenvalue weighted by Gasteiger charge is -2.37. The minimum atomic E-state index is -0.674. The van der Waals surface area contributed by atoms with Crippen molar-refractivity contribution in [1.29, 1.82) is 0 Å². The topological polar surface area (TPSA) is 9.23 Å². The zero-order valence-corrected chi connectivity index (χ0v) is 17.7. The van der Waals surface area contributed by atoms with Crippen LogP contribution in [0.4, 0.5) is 0 Å². The molecule has 5 aromatic rings. The van der Waals surface area contributed by atoms with Crippen molar-refractivity contribution in [3.05, 3.63) is 131 Å². The van der Waals surface area contributed by atoms with Crippen molar-refractivity contribution in [3.63, 3.8) is 0 Å². The Kier molecular flexibility index (Phi) is 4.26. The summed E-state index contributed by atoms with van der Waals surface area (Å²) < 4.78 is 7.06. The molecule has 1 aromatic heterocycles. The van der Waals surface area contributed by atoms with Crippen LogP contribution in [0.2, 0.25) is 0 Å². The Hall–Kier alpha value is -3.62. The summed E-state index contributed by atoms with van der Waals surface area (Å²) in [5.41, 5.74) is 3.92. The molecule has 0 fully saturated rings. The molecule has 2 heterocycles. The Labute approximate surface area is 185 Å². The lowest BCUT2D eigenvalue weighted by Crippen LogP contribution is -2.34. The van der Waals surface area contributed by atoms with Gasteiger partial charge in [-0.1, -0.05) is 91.0 Å². The zero-order valence-electron chi connectivity index (χ0n) is 16.9. The third-order valence-electron chi connectivity index (χ3n) is 5.98. The van der Waals surface area contributed by atoms with E-state index in [2.05, 4.69) is 109 Å². The van der Waals surface area contributed by atoms with Crippen LogP contribution >= 0.6 is 11.3 Å². The standard InChI is InChI=1S/C29H20OS/c1-3-11-22(12-4-1)29(23-13-5-2-6-14-23)18-17-25-26(27-16-9-19-31-27)20-21-10-7-8-15-24(21)28(25)30-29/h1-20H. The van der Waals surface area contributed by atoms with Gasteiger partial charge in [0.15, 0.2) is 5.60 Å². The monoisotopic (exact) mass is 416 g/mol. The van der Waals surface area contributed by atoms with E-state index in [-0.39, 0.29) is 0 Å². The summed E-state index contributed by atoms with van der Waals surface area (Å²) in [5.74, 6) is 0.941. The molecule has 4 aromatic carbocycles. The number of rotatable bonds is 3. The van der Waals surface area contributed by atoms with Crippen LogP contribution < -0.4 is 4.74 Å². The van der Waals surface area contributed by atoms with Crippen LogP contribution in [-0.2, 0) is 5.60 Å². The van der Waals surface area contributed by atoms with Crippen LogP contribution in [0.3, 0.4) is 0 Å². The minimum absolute atomic E-state index is 0.674. The lowest BCUT2D eigenvalue weighted by molar-refractivity contribution is 0.164. The van der Waals surface area contributed by atoms with Crippen molar-refractivity contribution >= 4 is 28.2 Å². The molecule has 2 heteroatoms. The summed E-state index contributed by atoms with van der Waals surface area (Å²) >= 11 is 1.76. The van der Waals surface area contributed by atoms with E-state index >= 15 is 0 Å². The highest BCUT2D eigenvalue weighted by Crippen LogP contribution is 2.48. The van der Waals surface area contributed by atoms with Crippen LogP contribution in [0.25, 0.3) is 27.3 Å². The van der Waals surface area contributed by atoms with E-state index < -0.39 is 5.60 Å². The molecular weight excluding hydrogens is 396 g/mol. The molecule has 1 aliphatic heterocycles. The van der Waals surface area contributed by atoms with Gasteiger partial charge in [-0.3, -0.25) is 0 Å². The molecule has 0 N–H and O–H groups in total. The molecule has 0 atom stereocenters. The first-order valence-corrected chi connectivity index (χ1v) is 11.3. The molecule has 0 saturated carbocycles. The fraction of sp³-hybridized carbons (Fsp3) is 0.0345. The van der Waals surface area contributed by atoms with E-state index in [0.717, 1.165) is 27.8 Å². The third-order valence-corrected chi connectivity index (χ3v) is 6.88. The fourth-order valence-electron chi connectivity index (χ4n) is 4.49. The first kappa shape index (κ1) is 18.2. The first-order chi connectivity index (χ1) is 15.4. The number of fused-ring (bicyclic) bond motifs is 3. The Morgan fingerprint density at radius 2 is 1.35 bits per heavy atom. The number of hydrogen-bond acceptors (Lipinski definition) is 2. The summed E-state index contributed by atoms with van der Waals surface area (Å²) in [7, 11) is 0. The van der Waals surface area contributed by atoms with Crippen molar-refractivity contribution in [3.8, 4) is 16.2 Å². The summed E-state index contributed by atoms with van der Waals surface area (Å²) in [6.07, 6.45) is 4.46. The van der Waals surface area contributed by atoms with E-state index in [1.165, 1.54) is 15.8 Å². The maximum atomic E-state index is 7.06. The van der Waals surface area contributed by atoms with Gasteiger partial charge in [-0.05, 0) is 35.1 Å². The molecule has 0 saturated heterocycles. The maximum absolute atomic E-state index is 7.06. The van der Waals surface area contributed by atoms with Crippen molar-refractivity contribution in [2.24, 2.45) is 0 Å². The summed E-state index contributed by atoms with van der Waals surface area (Å²) in [6, 6.07) is 36.1. The van der Waals surface area contributed by atoms with Crippen LogP contribution in [0, 0.1) is 0 Å². The lowest BCUT2D eigenvalue weighted by atomic mass is 9.82. The quantitative estimate of drug-likeness (QED) is 0.290. The van der Waals surface area contributed by atoms with E-state index in [4.69, 9.17) is 4.74 Å².